The predicted molar refractivity (Wildman–Crippen MR) is 65.2 cm³/mol. The van der Waals surface area contributed by atoms with Crippen LogP contribution < -0.4 is 0 Å². The molecule has 9 heteroatoms. The fourth-order valence-electron chi connectivity index (χ4n) is 0.759. The first-order chi connectivity index (χ1) is 8.74. The van der Waals surface area contributed by atoms with Crippen molar-refractivity contribution in [1.29, 1.82) is 0 Å². The second-order valence-corrected chi connectivity index (χ2v) is 5.03. The molecule has 0 aliphatic carbocycles. The molecule has 0 aliphatic heterocycles. The minimum atomic E-state index is -3.62. The van der Waals surface area contributed by atoms with Gasteiger partial charge in [0, 0.05) is 12.5 Å². The Bertz CT molecular complexity index is 165. The molecular weight excluding hydrogens is 284 g/mol. The molecule has 0 heterocycles. The molecular formula is C9H21ClO7Si. The van der Waals surface area contributed by atoms with Crippen LogP contribution in [-0.2, 0) is 32.8 Å². The maximum atomic E-state index is 5.56. The van der Waals surface area contributed by atoms with Crippen LogP contribution in [0.15, 0.2) is 0 Å². The molecule has 0 unspecified atom stereocenters. The third-order valence-corrected chi connectivity index (χ3v) is 3.18. The summed E-state index contributed by atoms with van der Waals surface area (Å²) in [7, 11) is -3.62. The lowest BCUT2D eigenvalue weighted by Gasteiger charge is -2.23. The molecule has 0 radical (unpaired) electrons. The Morgan fingerprint density at radius 3 is 1.61 bits per heavy atom. The van der Waals surface area contributed by atoms with Crippen molar-refractivity contribution in [1.82, 2.24) is 0 Å². The van der Waals surface area contributed by atoms with Gasteiger partial charge in [-0.25, -0.2) is 14.7 Å². The number of alkyl halides is 1. The van der Waals surface area contributed by atoms with Gasteiger partial charge in [-0.05, 0) is 27.2 Å². The van der Waals surface area contributed by atoms with Gasteiger partial charge in [0.2, 0.25) is 0 Å². The summed E-state index contributed by atoms with van der Waals surface area (Å²) in [5.41, 5.74) is 0. The van der Waals surface area contributed by atoms with E-state index in [1.54, 1.807) is 20.8 Å². The summed E-state index contributed by atoms with van der Waals surface area (Å²) in [6.45, 7) is 6.44. The molecule has 7 nitrogen and oxygen atoms in total. The fraction of sp³-hybridized carbons (Fsp3) is 1.00. The molecule has 0 bridgehead atoms. The van der Waals surface area contributed by atoms with E-state index in [1.165, 1.54) is 0 Å². The Balaban J connectivity index is 4.41. The maximum Gasteiger partial charge on any atom is 0.764 e. The highest BCUT2D eigenvalue weighted by Gasteiger charge is 2.52. The van der Waals surface area contributed by atoms with E-state index in [9.17, 15) is 0 Å². The van der Waals surface area contributed by atoms with Gasteiger partial charge in [-0.15, -0.1) is 11.6 Å². The lowest BCUT2D eigenvalue weighted by molar-refractivity contribution is -0.385. The van der Waals surface area contributed by atoms with E-state index < -0.39 is 9.05 Å². The Kier molecular flexibility index (Phi) is 12.4. The van der Waals surface area contributed by atoms with Crippen molar-refractivity contribution in [3.63, 3.8) is 0 Å². The normalized spacial score (nSPS) is 12.0. The Morgan fingerprint density at radius 2 is 1.28 bits per heavy atom. The molecule has 0 fully saturated rings. The van der Waals surface area contributed by atoms with Crippen LogP contribution in [-0.4, -0.2) is 41.4 Å². The first-order valence-corrected chi connectivity index (χ1v) is 8.03. The third kappa shape index (κ3) is 8.35. The largest absolute Gasteiger partial charge is 0.764 e. The average Bonchev–Trinajstić information content (AvgIpc) is 2.40. The van der Waals surface area contributed by atoms with Gasteiger partial charge in [-0.1, -0.05) is 0 Å². The summed E-state index contributed by atoms with van der Waals surface area (Å²) in [5, 5.41) is 0. The van der Waals surface area contributed by atoms with Crippen molar-refractivity contribution in [2.75, 3.05) is 32.3 Å². The second-order valence-electron chi connectivity index (χ2n) is 2.86. The van der Waals surface area contributed by atoms with Gasteiger partial charge in [0.15, 0.2) is 0 Å². The Labute approximate surface area is 113 Å². The molecule has 0 aromatic heterocycles. The molecule has 18 heavy (non-hydrogen) atoms. The summed E-state index contributed by atoms with van der Waals surface area (Å²) < 4.78 is 20.4. The van der Waals surface area contributed by atoms with Crippen molar-refractivity contribution in [2.24, 2.45) is 0 Å². The van der Waals surface area contributed by atoms with Crippen LogP contribution in [0.2, 0.25) is 0 Å². The van der Waals surface area contributed by atoms with Crippen molar-refractivity contribution >= 4 is 20.6 Å². The quantitative estimate of drug-likeness (QED) is 0.169. The zero-order chi connectivity index (χ0) is 13.7. The fourth-order valence-corrected chi connectivity index (χ4v) is 2.28. The minimum absolute atomic E-state index is 0.281. The second kappa shape index (κ2) is 12.3. The number of hydrogen-bond donors (Lipinski definition) is 0. The Morgan fingerprint density at radius 1 is 0.833 bits per heavy atom. The van der Waals surface area contributed by atoms with Gasteiger partial charge in [-0.2, -0.15) is 13.7 Å². The number of halogens is 1. The first-order valence-electron chi connectivity index (χ1n) is 5.86. The SMILES string of the molecule is CCOO[Si](OCCCCl)(OOCC)OOCC. The molecule has 0 atom stereocenters. The molecule has 110 valence electrons. The molecule has 0 amide bonds. The van der Waals surface area contributed by atoms with E-state index >= 15 is 0 Å². The van der Waals surface area contributed by atoms with Crippen molar-refractivity contribution in [3.05, 3.63) is 0 Å². The topological polar surface area (TPSA) is 64.6 Å². The van der Waals surface area contributed by atoms with E-state index in [4.69, 9.17) is 44.4 Å². The smallest absolute Gasteiger partial charge is 0.347 e. The molecule has 0 N–H and O–H groups in total. The summed E-state index contributed by atoms with van der Waals surface area (Å²) in [6.07, 6.45) is 0.608. The summed E-state index contributed by atoms with van der Waals surface area (Å²) in [6, 6.07) is 0. The van der Waals surface area contributed by atoms with E-state index in [0.29, 0.717) is 32.1 Å². The summed E-state index contributed by atoms with van der Waals surface area (Å²) in [5.74, 6) is 0.447. The number of hydrogen-bond acceptors (Lipinski definition) is 7. The molecule has 0 saturated carbocycles. The predicted octanol–water partition coefficient (Wildman–Crippen LogP) is 1.97. The summed E-state index contributed by atoms with van der Waals surface area (Å²) in [4.78, 5) is 14.5. The van der Waals surface area contributed by atoms with Gasteiger partial charge in [0.05, 0.1) is 19.8 Å². The number of rotatable bonds is 13. The lowest BCUT2D eigenvalue weighted by Crippen LogP contribution is -2.49. The van der Waals surface area contributed by atoms with E-state index in [2.05, 4.69) is 0 Å². The minimum Gasteiger partial charge on any atom is -0.347 e. The van der Waals surface area contributed by atoms with Crippen LogP contribution in [0.5, 0.6) is 0 Å². The summed E-state index contributed by atoms with van der Waals surface area (Å²) >= 11 is 5.56. The zero-order valence-electron chi connectivity index (χ0n) is 11.0. The van der Waals surface area contributed by atoms with Gasteiger partial charge in [0.1, 0.15) is 0 Å². The van der Waals surface area contributed by atoms with Crippen LogP contribution >= 0.6 is 11.6 Å². The molecule has 0 rings (SSSR count). The van der Waals surface area contributed by atoms with Crippen LogP contribution in [0.1, 0.15) is 27.2 Å². The van der Waals surface area contributed by atoms with E-state index in [-0.39, 0.29) is 6.61 Å². The maximum absolute atomic E-state index is 5.56. The molecule has 0 spiro atoms. The molecule has 0 saturated heterocycles. The average molecular weight is 305 g/mol. The van der Waals surface area contributed by atoms with Crippen LogP contribution in [0.3, 0.4) is 0 Å². The zero-order valence-corrected chi connectivity index (χ0v) is 12.7. The first kappa shape index (κ1) is 18.2. The standard InChI is InChI=1S/C9H21ClO7Si/c1-4-11-15-18(16-12-5-2,17-13-6-3)14-9-7-8-10/h4-9H2,1-3H3. The highest BCUT2D eigenvalue weighted by atomic mass is 35.5. The molecule has 0 aromatic carbocycles. The van der Waals surface area contributed by atoms with Crippen LogP contribution in [0, 0.1) is 0 Å². The van der Waals surface area contributed by atoms with Crippen LogP contribution in [0.4, 0.5) is 0 Å². The van der Waals surface area contributed by atoms with Gasteiger partial charge in [-0.3, -0.25) is 0 Å². The van der Waals surface area contributed by atoms with Gasteiger partial charge >= 0.3 is 9.05 Å². The molecule has 0 aliphatic rings. The van der Waals surface area contributed by atoms with Crippen molar-refractivity contribution in [2.45, 2.75) is 27.2 Å². The van der Waals surface area contributed by atoms with Crippen molar-refractivity contribution < 1.29 is 32.8 Å². The Hall–Kier alpha value is 0.227. The van der Waals surface area contributed by atoms with E-state index in [0.717, 1.165) is 0 Å². The molecule has 0 aromatic rings. The monoisotopic (exact) mass is 304 g/mol. The third-order valence-electron chi connectivity index (χ3n) is 1.39. The van der Waals surface area contributed by atoms with E-state index in [1.807, 2.05) is 0 Å². The highest BCUT2D eigenvalue weighted by molar-refractivity contribution is 6.52. The van der Waals surface area contributed by atoms with Gasteiger partial charge < -0.3 is 4.43 Å². The van der Waals surface area contributed by atoms with Crippen molar-refractivity contribution in [3.8, 4) is 0 Å². The van der Waals surface area contributed by atoms with Gasteiger partial charge in [0.25, 0.3) is 0 Å². The lowest BCUT2D eigenvalue weighted by atomic mass is 10.5. The van der Waals surface area contributed by atoms with Crippen LogP contribution in [0.25, 0.3) is 0 Å². The highest BCUT2D eigenvalue weighted by Crippen LogP contribution is 2.14.